The fraction of sp³-hybridized carbons (Fsp3) is 0.556. The molecule has 5 nitrogen and oxygen atoms in total. The van der Waals surface area contributed by atoms with Crippen molar-refractivity contribution in [2.24, 2.45) is 0 Å². The van der Waals surface area contributed by atoms with Gasteiger partial charge in [0.25, 0.3) is 0 Å². The van der Waals surface area contributed by atoms with Gasteiger partial charge >= 0.3 is 0 Å². The highest BCUT2D eigenvalue weighted by atomic mass is 16.2. The molecular weight excluding hydrogens is 290 g/mol. The monoisotopic (exact) mass is 315 g/mol. The molecule has 2 amide bonds. The maximum absolute atomic E-state index is 12.0. The van der Waals surface area contributed by atoms with Gasteiger partial charge in [0.1, 0.15) is 0 Å². The lowest BCUT2D eigenvalue weighted by molar-refractivity contribution is -0.128. The number of nitrogens with one attached hydrogen (secondary N) is 1. The zero-order valence-electron chi connectivity index (χ0n) is 13.8. The van der Waals surface area contributed by atoms with E-state index in [1.165, 1.54) is 6.42 Å². The lowest BCUT2D eigenvalue weighted by Gasteiger charge is -2.37. The third-order valence-electron chi connectivity index (χ3n) is 4.83. The van der Waals surface area contributed by atoms with Crippen molar-refractivity contribution in [3.63, 3.8) is 0 Å². The van der Waals surface area contributed by atoms with Crippen molar-refractivity contribution >= 4 is 11.8 Å². The minimum absolute atomic E-state index is 0.0803. The van der Waals surface area contributed by atoms with Crippen molar-refractivity contribution in [3.8, 4) is 0 Å². The van der Waals surface area contributed by atoms with Gasteiger partial charge in [-0.15, -0.1) is 0 Å². The molecule has 0 unspecified atom stereocenters. The molecule has 124 valence electrons. The lowest BCUT2D eigenvalue weighted by Crippen LogP contribution is -2.50. The van der Waals surface area contributed by atoms with Crippen LogP contribution in [0, 0.1) is 0 Å². The first-order valence-corrected chi connectivity index (χ1v) is 8.48. The molecule has 5 heteroatoms. The molecule has 2 saturated heterocycles. The summed E-state index contributed by atoms with van der Waals surface area (Å²) in [5, 5.41) is 2.99. The third kappa shape index (κ3) is 4.10. The molecule has 1 atom stereocenters. The quantitative estimate of drug-likeness (QED) is 0.866. The maximum atomic E-state index is 12.0. The topological polar surface area (TPSA) is 52.7 Å². The number of carbonyl (C=O) groups excluding carboxylic acids is 2. The van der Waals surface area contributed by atoms with Gasteiger partial charge in [0.05, 0.1) is 6.54 Å². The maximum Gasteiger partial charge on any atom is 0.234 e. The molecule has 2 heterocycles. The molecule has 1 aromatic carbocycles. The van der Waals surface area contributed by atoms with Crippen molar-refractivity contribution in [1.82, 2.24) is 15.1 Å². The molecule has 0 bridgehead atoms. The van der Waals surface area contributed by atoms with Crippen molar-refractivity contribution in [2.45, 2.75) is 45.3 Å². The lowest BCUT2D eigenvalue weighted by atomic mass is 10.1. The van der Waals surface area contributed by atoms with Crippen LogP contribution in [0.2, 0.25) is 0 Å². The van der Waals surface area contributed by atoms with E-state index in [2.05, 4.69) is 23.2 Å². The zero-order chi connectivity index (χ0) is 16.2. The summed E-state index contributed by atoms with van der Waals surface area (Å²) >= 11 is 0. The summed E-state index contributed by atoms with van der Waals surface area (Å²) in [6, 6.07) is 8.66. The van der Waals surface area contributed by atoms with Crippen LogP contribution in [-0.2, 0) is 22.7 Å². The summed E-state index contributed by atoms with van der Waals surface area (Å²) in [6.07, 6.45) is 2.82. The van der Waals surface area contributed by atoms with Crippen LogP contribution in [0.25, 0.3) is 0 Å². The third-order valence-corrected chi connectivity index (χ3v) is 4.83. The van der Waals surface area contributed by atoms with Gasteiger partial charge in [-0.1, -0.05) is 24.3 Å². The van der Waals surface area contributed by atoms with Gasteiger partial charge in [0.2, 0.25) is 11.8 Å². The van der Waals surface area contributed by atoms with E-state index in [0.29, 0.717) is 32.1 Å². The number of benzene rings is 1. The predicted octanol–water partition coefficient (Wildman–Crippen LogP) is 1.52. The highest BCUT2D eigenvalue weighted by molar-refractivity contribution is 5.78. The number of amides is 2. The van der Waals surface area contributed by atoms with Crippen LogP contribution in [0.4, 0.5) is 0 Å². The second-order valence-corrected chi connectivity index (χ2v) is 6.62. The van der Waals surface area contributed by atoms with Gasteiger partial charge in [0, 0.05) is 38.6 Å². The standard InChI is InChI=1S/C18H25N3O2/c1-14-7-9-20(14)13-17(22)19-11-15-4-2-5-16(10-15)12-21-8-3-6-18(21)23/h2,4-5,10,14H,3,6-9,11-13H2,1H3,(H,19,22)/t14-/m1/s1. The zero-order valence-corrected chi connectivity index (χ0v) is 13.8. The molecule has 3 rings (SSSR count). The number of nitrogens with zero attached hydrogens (tertiary/aromatic N) is 2. The van der Waals surface area contributed by atoms with Crippen LogP contribution in [-0.4, -0.2) is 47.3 Å². The molecule has 0 radical (unpaired) electrons. The summed E-state index contributed by atoms with van der Waals surface area (Å²) in [7, 11) is 0. The van der Waals surface area contributed by atoms with Crippen molar-refractivity contribution in [2.75, 3.05) is 19.6 Å². The molecule has 2 aliphatic rings. The fourth-order valence-corrected chi connectivity index (χ4v) is 3.18. The number of hydrogen-bond acceptors (Lipinski definition) is 3. The van der Waals surface area contributed by atoms with Crippen LogP contribution in [0.1, 0.15) is 37.3 Å². The molecule has 1 aromatic rings. The SMILES string of the molecule is C[C@@H]1CCN1CC(=O)NCc1cccc(CN2CCCC2=O)c1. The van der Waals surface area contributed by atoms with Gasteiger partial charge < -0.3 is 10.2 Å². The predicted molar refractivity (Wildman–Crippen MR) is 88.6 cm³/mol. The van der Waals surface area contributed by atoms with Crippen molar-refractivity contribution in [3.05, 3.63) is 35.4 Å². The van der Waals surface area contributed by atoms with E-state index < -0.39 is 0 Å². The van der Waals surface area contributed by atoms with E-state index in [0.717, 1.165) is 30.6 Å². The van der Waals surface area contributed by atoms with E-state index in [1.54, 1.807) is 0 Å². The molecular formula is C18H25N3O2. The first kappa shape index (κ1) is 16.0. The van der Waals surface area contributed by atoms with E-state index in [4.69, 9.17) is 0 Å². The Morgan fingerprint density at radius 3 is 2.78 bits per heavy atom. The highest BCUT2D eigenvalue weighted by Crippen LogP contribution is 2.16. The fourth-order valence-electron chi connectivity index (χ4n) is 3.18. The minimum Gasteiger partial charge on any atom is -0.351 e. The largest absolute Gasteiger partial charge is 0.351 e. The molecule has 23 heavy (non-hydrogen) atoms. The molecule has 2 fully saturated rings. The Morgan fingerprint density at radius 1 is 1.30 bits per heavy atom. The van der Waals surface area contributed by atoms with Gasteiger partial charge in [0.15, 0.2) is 0 Å². The summed E-state index contributed by atoms with van der Waals surface area (Å²) in [6.45, 7) is 5.74. The van der Waals surface area contributed by atoms with Gasteiger partial charge in [-0.05, 0) is 30.9 Å². The Bertz CT molecular complexity index is 587. The van der Waals surface area contributed by atoms with Crippen LogP contribution >= 0.6 is 0 Å². The Hall–Kier alpha value is -1.88. The van der Waals surface area contributed by atoms with Gasteiger partial charge in [-0.3, -0.25) is 14.5 Å². The second kappa shape index (κ2) is 7.13. The van der Waals surface area contributed by atoms with Gasteiger partial charge in [-0.25, -0.2) is 0 Å². The van der Waals surface area contributed by atoms with Crippen molar-refractivity contribution in [1.29, 1.82) is 0 Å². The molecule has 2 aliphatic heterocycles. The number of rotatable bonds is 6. The smallest absolute Gasteiger partial charge is 0.234 e. The normalized spacial score (nSPS) is 21.3. The first-order valence-electron chi connectivity index (χ1n) is 8.48. The van der Waals surface area contributed by atoms with E-state index in [1.807, 2.05) is 23.1 Å². The minimum atomic E-state index is 0.0803. The average Bonchev–Trinajstić information content (AvgIpc) is 2.94. The molecule has 1 N–H and O–H groups in total. The Balaban J connectivity index is 1.49. The second-order valence-electron chi connectivity index (χ2n) is 6.62. The van der Waals surface area contributed by atoms with Gasteiger partial charge in [-0.2, -0.15) is 0 Å². The highest BCUT2D eigenvalue weighted by Gasteiger charge is 2.25. The first-order chi connectivity index (χ1) is 11.1. The average molecular weight is 315 g/mol. The van der Waals surface area contributed by atoms with Crippen LogP contribution in [0.3, 0.4) is 0 Å². The van der Waals surface area contributed by atoms with Crippen molar-refractivity contribution < 1.29 is 9.59 Å². The van der Waals surface area contributed by atoms with Crippen LogP contribution in [0.5, 0.6) is 0 Å². The van der Waals surface area contributed by atoms with E-state index >= 15 is 0 Å². The number of carbonyl (C=O) groups is 2. The van der Waals surface area contributed by atoms with Crippen LogP contribution in [0.15, 0.2) is 24.3 Å². The van der Waals surface area contributed by atoms with E-state index in [9.17, 15) is 9.59 Å². The summed E-state index contributed by atoms with van der Waals surface area (Å²) < 4.78 is 0. The molecule has 0 saturated carbocycles. The molecule has 0 spiro atoms. The number of likely N-dealkylation sites (tertiary alicyclic amines) is 2. The van der Waals surface area contributed by atoms with E-state index in [-0.39, 0.29) is 11.8 Å². The van der Waals surface area contributed by atoms with Crippen LogP contribution < -0.4 is 5.32 Å². The summed E-state index contributed by atoms with van der Waals surface area (Å²) in [5.41, 5.74) is 2.21. The molecule has 0 aliphatic carbocycles. The Labute approximate surface area is 137 Å². The molecule has 0 aromatic heterocycles. The summed E-state index contributed by atoms with van der Waals surface area (Å²) in [4.78, 5) is 27.8. The Kier molecular flexibility index (Phi) is 4.96. The Morgan fingerprint density at radius 2 is 2.13 bits per heavy atom. The number of hydrogen-bond donors (Lipinski definition) is 1. The summed E-state index contributed by atoms with van der Waals surface area (Å²) in [5.74, 6) is 0.323.